The largest absolute Gasteiger partial charge is 0.372 e. The van der Waals surface area contributed by atoms with E-state index in [9.17, 15) is 0 Å². The topological polar surface area (TPSA) is 19.0 Å². The molecule has 0 aromatic rings. The van der Waals surface area contributed by atoms with Gasteiger partial charge in [-0.15, -0.1) is 0 Å². The minimum absolute atomic E-state index is 0.544. The molecule has 0 radical (unpaired) electrons. The lowest BCUT2D eigenvalue weighted by Gasteiger charge is -2.42. The van der Waals surface area contributed by atoms with Gasteiger partial charge in [0.05, 0.1) is 12.7 Å². The van der Waals surface area contributed by atoms with E-state index in [1.807, 2.05) is 0 Å². The van der Waals surface area contributed by atoms with Gasteiger partial charge in [0.25, 0.3) is 0 Å². The molecule has 2 fully saturated rings. The van der Waals surface area contributed by atoms with E-state index in [2.05, 4.69) is 30.7 Å². The molecule has 2 aliphatic rings. The van der Waals surface area contributed by atoms with E-state index >= 15 is 0 Å². The number of likely N-dealkylation sites (N-methyl/N-ethyl adjacent to an activating group) is 1. The van der Waals surface area contributed by atoms with Crippen LogP contribution in [0.5, 0.6) is 0 Å². The van der Waals surface area contributed by atoms with Crippen LogP contribution >= 0.6 is 0 Å². The summed E-state index contributed by atoms with van der Waals surface area (Å²) >= 11 is 0. The van der Waals surface area contributed by atoms with Crippen LogP contribution in [-0.2, 0) is 4.74 Å². The summed E-state index contributed by atoms with van der Waals surface area (Å²) < 4.78 is 5.25. The summed E-state index contributed by atoms with van der Waals surface area (Å²) in [5.74, 6) is 0. The fourth-order valence-electron chi connectivity index (χ4n) is 2.12. The van der Waals surface area contributed by atoms with Gasteiger partial charge >= 0.3 is 0 Å². The summed E-state index contributed by atoms with van der Waals surface area (Å²) in [5, 5.41) is 0. The van der Waals surface area contributed by atoms with Gasteiger partial charge in [0.1, 0.15) is 0 Å². The first kappa shape index (κ1) is 9.44. The highest BCUT2D eigenvalue weighted by Gasteiger charge is 2.31. The molecule has 76 valence electrons. The van der Waals surface area contributed by atoms with Crippen LogP contribution in [0.3, 0.4) is 0 Å². The van der Waals surface area contributed by atoms with Gasteiger partial charge in [0, 0.05) is 31.7 Å². The van der Waals surface area contributed by atoms with Gasteiger partial charge in [0.15, 0.2) is 0 Å². The molecule has 3 atom stereocenters. The van der Waals surface area contributed by atoms with E-state index in [1.54, 1.807) is 0 Å². The second kappa shape index (κ2) is 3.56. The normalized spacial score (nSPS) is 42.2. The fraction of sp³-hybridized carbons (Fsp3) is 1.00. The first-order chi connectivity index (χ1) is 6.16. The summed E-state index contributed by atoms with van der Waals surface area (Å²) in [6, 6.07) is 1.37. The Kier molecular flexibility index (Phi) is 2.58. The minimum Gasteiger partial charge on any atom is -0.372 e. The van der Waals surface area contributed by atoms with Crippen molar-refractivity contribution in [2.24, 2.45) is 0 Å². The molecule has 2 unspecified atom stereocenters. The maximum absolute atomic E-state index is 5.25. The second-order valence-corrected chi connectivity index (χ2v) is 4.54. The lowest BCUT2D eigenvalue weighted by Crippen LogP contribution is -2.55. The van der Waals surface area contributed by atoms with E-state index in [0.29, 0.717) is 18.2 Å². The number of ether oxygens (including phenoxy) is 1. The van der Waals surface area contributed by atoms with E-state index in [-0.39, 0.29) is 0 Å². The first-order valence-electron chi connectivity index (χ1n) is 5.22. The van der Waals surface area contributed by atoms with Gasteiger partial charge in [0.2, 0.25) is 0 Å². The van der Waals surface area contributed by atoms with Crippen molar-refractivity contribution < 1.29 is 4.74 Å². The molecule has 0 saturated carbocycles. The van der Waals surface area contributed by atoms with Gasteiger partial charge < -0.3 is 4.74 Å². The van der Waals surface area contributed by atoms with E-state index < -0.39 is 0 Å². The molecular formula is C10H20N2O. The van der Waals surface area contributed by atoms with Gasteiger partial charge in [-0.3, -0.25) is 9.80 Å². The van der Waals surface area contributed by atoms with Gasteiger partial charge in [-0.05, 0) is 20.9 Å². The first-order valence-corrected chi connectivity index (χ1v) is 5.22. The van der Waals surface area contributed by atoms with E-state index in [1.165, 1.54) is 13.1 Å². The molecule has 13 heavy (non-hydrogen) atoms. The third-order valence-corrected chi connectivity index (χ3v) is 3.30. The Morgan fingerprint density at radius 2 is 1.77 bits per heavy atom. The van der Waals surface area contributed by atoms with Crippen molar-refractivity contribution in [2.75, 3.05) is 33.3 Å². The molecule has 2 aliphatic heterocycles. The van der Waals surface area contributed by atoms with Crippen molar-refractivity contribution in [2.45, 2.75) is 32.0 Å². The SMILES string of the molecule is CC1CN(C[C@@H]2CO2)CC(C)N1C. The fourth-order valence-corrected chi connectivity index (χ4v) is 2.12. The zero-order valence-electron chi connectivity index (χ0n) is 8.86. The zero-order chi connectivity index (χ0) is 9.42. The van der Waals surface area contributed by atoms with Crippen molar-refractivity contribution >= 4 is 0 Å². The Hall–Kier alpha value is -0.120. The van der Waals surface area contributed by atoms with Crippen molar-refractivity contribution in [3.05, 3.63) is 0 Å². The third kappa shape index (κ3) is 2.22. The summed E-state index contributed by atoms with van der Waals surface area (Å²) in [6.07, 6.45) is 0.544. The standard InChI is InChI=1S/C10H20N2O/c1-8-4-12(6-10-7-13-10)5-9(2)11(8)3/h8-10H,4-7H2,1-3H3/t8?,9?,10-/m1/s1. The number of hydrogen-bond donors (Lipinski definition) is 0. The average molecular weight is 184 g/mol. The molecule has 0 spiro atoms. The Labute approximate surface area is 80.6 Å². The highest BCUT2D eigenvalue weighted by molar-refractivity contribution is 4.85. The molecule has 2 heterocycles. The summed E-state index contributed by atoms with van der Waals surface area (Å²) in [7, 11) is 2.22. The number of rotatable bonds is 2. The van der Waals surface area contributed by atoms with E-state index in [0.717, 1.165) is 13.2 Å². The van der Waals surface area contributed by atoms with Crippen LogP contribution in [0.25, 0.3) is 0 Å². The zero-order valence-corrected chi connectivity index (χ0v) is 8.86. The molecule has 0 N–H and O–H groups in total. The number of nitrogens with zero attached hydrogens (tertiary/aromatic N) is 2. The summed E-state index contributed by atoms with van der Waals surface area (Å²) in [4.78, 5) is 5.00. The molecule has 0 bridgehead atoms. The van der Waals surface area contributed by atoms with Crippen molar-refractivity contribution in [3.8, 4) is 0 Å². The van der Waals surface area contributed by atoms with Crippen LogP contribution < -0.4 is 0 Å². The molecular weight excluding hydrogens is 164 g/mol. The molecule has 2 rings (SSSR count). The Morgan fingerprint density at radius 3 is 2.23 bits per heavy atom. The molecule has 0 aromatic heterocycles. The van der Waals surface area contributed by atoms with Gasteiger partial charge in [-0.25, -0.2) is 0 Å². The number of hydrogen-bond acceptors (Lipinski definition) is 3. The quantitative estimate of drug-likeness (QED) is 0.579. The summed E-state index contributed by atoms with van der Waals surface area (Å²) in [6.45, 7) is 9.12. The van der Waals surface area contributed by atoms with Crippen LogP contribution in [0.2, 0.25) is 0 Å². The number of piperazine rings is 1. The van der Waals surface area contributed by atoms with Crippen molar-refractivity contribution in [1.82, 2.24) is 9.80 Å². The second-order valence-electron chi connectivity index (χ2n) is 4.54. The molecule has 3 heteroatoms. The van der Waals surface area contributed by atoms with Crippen LogP contribution in [0, 0.1) is 0 Å². The maximum Gasteiger partial charge on any atom is 0.0936 e. The predicted octanol–water partition coefficient (Wildman–Crippen LogP) is 0.410. The Morgan fingerprint density at radius 1 is 1.23 bits per heavy atom. The third-order valence-electron chi connectivity index (χ3n) is 3.30. The van der Waals surface area contributed by atoms with Crippen LogP contribution in [0.15, 0.2) is 0 Å². The predicted molar refractivity (Wildman–Crippen MR) is 52.9 cm³/mol. The van der Waals surface area contributed by atoms with Crippen molar-refractivity contribution in [3.63, 3.8) is 0 Å². The minimum atomic E-state index is 0.544. The van der Waals surface area contributed by atoms with Gasteiger partial charge in [-0.2, -0.15) is 0 Å². The van der Waals surface area contributed by atoms with Gasteiger partial charge in [-0.1, -0.05) is 0 Å². The monoisotopic (exact) mass is 184 g/mol. The highest BCUT2D eigenvalue weighted by Crippen LogP contribution is 2.17. The Bertz CT molecular complexity index is 170. The molecule has 3 nitrogen and oxygen atoms in total. The van der Waals surface area contributed by atoms with Crippen LogP contribution in [0.1, 0.15) is 13.8 Å². The molecule has 0 amide bonds. The summed E-state index contributed by atoms with van der Waals surface area (Å²) in [5.41, 5.74) is 0. The average Bonchev–Trinajstić information content (AvgIpc) is 2.84. The van der Waals surface area contributed by atoms with E-state index in [4.69, 9.17) is 4.74 Å². The lowest BCUT2D eigenvalue weighted by molar-refractivity contribution is 0.0561. The van der Waals surface area contributed by atoms with Crippen molar-refractivity contribution in [1.29, 1.82) is 0 Å². The lowest BCUT2D eigenvalue weighted by atomic mass is 10.1. The van der Waals surface area contributed by atoms with Crippen LogP contribution in [0.4, 0.5) is 0 Å². The van der Waals surface area contributed by atoms with Crippen LogP contribution in [-0.4, -0.2) is 61.3 Å². The molecule has 0 aliphatic carbocycles. The maximum atomic E-state index is 5.25. The highest BCUT2D eigenvalue weighted by atomic mass is 16.6. The molecule has 2 saturated heterocycles. The molecule has 0 aromatic carbocycles. The number of epoxide rings is 1. The Balaban J connectivity index is 1.84. The smallest absolute Gasteiger partial charge is 0.0936 e.